The second-order valence-electron chi connectivity index (χ2n) is 8.26. The van der Waals surface area contributed by atoms with Gasteiger partial charge in [0.1, 0.15) is 0 Å². The third-order valence-corrected chi connectivity index (χ3v) is 5.94. The molecule has 0 aliphatic heterocycles. The van der Waals surface area contributed by atoms with Crippen molar-refractivity contribution in [2.45, 2.75) is 27.1 Å². The molecule has 0 bridgehead atoms. The van der Waals surface area contributed by atoms with Crippen LogP contribution in [-0.4, -0.2) is 40.9 Å². The number of fused-ring (bicyclic) bond motifs is 1. The molecule has 166 valence electrons. The number of hydrogen-bond acceptors (Lipinski definition) is 5. The van der Waals surface area contributed by atoms with E-state index in [0.717, 1.165) is 33.9 Å². The molecule has 0 unspecified atom stereocenters. The van der Waals surface area contributed by atoms with Gasteiger partial charge >= 0.3 is 0 Å². The van der Waals surface area contributed by atoms with Gasteiger partial charge in [-0.2, -0.15) is 5.10 Å². The summed E-state index contributed by atoms with van der Waals surface area (Å²) in [5, 5.41) is 9.57. The molecule has 3 aromatic heterocycles. The lowest BCUT2D eigenvalue weighted by molar-refractivity contribution is 0.245. The summed E-state index contributed by atoms with van der Waals surface area (Å²) in [6.07, 6.45) is 2.10. The average molecular weight is 456 g/mol. The van der Waals surface area contributed by atoms with Crippen molar-refractivity contribution >= 4 is 18.0 Å². The Morgan fingerprint density at radius 2 is 1.64 bits per heavy atom. The van der Waals surface area contributed by atoms with Crippen molar-refractivity contribution in [2.75, 3.05) is 7.05 Å². The maximum atomic E-state index is 5.69. The van der Waals surface area contributed by atoms with Gasteiger partial charge in [0, 0.05) is 35.3 Å². The fourth-order valence-corrected chi connectivity index (χ4v) is 4.40. The lowest BCUT2D eigenvalue weighted by Crippen LogP contribution is -2.22. The molecule has 0 fully saturated rings. The van der Waals surface area contributed by atoms with Gasteiger partial charge in [-0.1, -0.05) is 48.5 Å². The van der Waals surface area contributed by atoms with E-state index in [4.69, 9.17) is 17.3 Å². The summed E-state index contributed by atoms with van der Waals surface area (Å²) in [6, 6.07) is 22.5. The molecule has 5 aromatic rings. The van der Waals surface area contributed by atoms with E-state index in [-0.39, 0.29) is 0 Å². The minimum Gasteiger partial charge on any atom is -0.283 e. The first kappa shape index (κ1) is 21.2. The number of benzene rings is 2. The zero-order valence-corrected chi connectivity index (χ0v) is 19.7. The number of nitrogens with zero attached hydrogens (tertiary/aromatic N) is 7. The second-order valence-corrected chi connectivity index (χ2v) is 8.63. The highest BCUT2D eigenvalue weighted by atomic mass is 32.1. The van der Waals surface area contributed by atoms with Gasteiger partial charge in [-0.15, -0.1) is 5.10 Å². The predicted octanol–water partition coefficient (Wildman–Crippen LogP) is 4.82. The number of aromatic nitrogens is 6. The Kier molecular flexibility index (Phi) is 5.62. The Labute approximate surface area is 197 Å². The maximum absolute atomic E-state index is 5.69. The van der Waals surface area contributed by atoms with E-state index >= 15 is 0 Å². The fraction of sp³-hybridized carbons (Fsp3) is 0.200. The number of para-hydroxylation sites is 1. The van der Waals surface area contributed by atoms with Crippen LogP contribution in [0.1, 0.15) is 17.0 Å². The highest BCUT2D eigenvalue weighted by Gasteiger charge is 2.16. The third kappa shape index (κ3) is 4.22. The van der Waals surface area contributed by atoms with Crippen molar-refractivity contribution in [2.24, 2.45) is 0 Å². The standard InChI is InChI=1S/C25H25N7S/c1-18-14-19(2)32-24(26-18)28-31(25(32)33)17-29(3)15-21-16-30(22-12-8-5-9-13-22)27-23(21)20-10-6-4-7-11-20/h4-14,16H,15,17H2,1-3H3. The highest BCUT2D eigenvalue weighted by Crippen LogP contribution is 2.25. The highest BCUT2D eigenvalue weighted by molar-refractivity contribution is 7.71. The molecule has 0 atom stereocenters. The Morgan fingerprint density at radius 1 is 0.939 bits per heavy atom. The first-order valence-electron chi connectivity index (χ1n) is 10.8. The van der Waals surface area contributed by atoms with Crippen LogP contribution in [-0.2, 0) is 13.2 Å². The lowest BCUT2D eigenvalue weighted by Gasteiger charge is -2.16. The van der Waals surface area contributed by atoms with Crippen LogP contribution < -0.4 is 0 Å². The minimum absolute atomic E-state index is 0.547. The Bertz CT molecular complexity index is 1470. The molecular weight excluding hydrogens is 430 g/mol. The first-order valence-corrected chi connectivity index (χ1v) is 11.2. The zero-order chi connectivity index (χ0) is 22.9. The number of aryl methyl sites for hydroxylation is 2. The van der Waals surface area contributed by atoms with Crippen molar-refractivity contribution in [3.8, 4) is 16.9 Å². The van der Waals surface area contributed by atoms with E-state index < -0.39 is 0 Å². The SMILES string of the molecule is Cc1cc(C)n2c(=S)n(CN(C)Cc3cn(-c4ccccc4)nc3-c3ccccc3)nc2n1. The molecule has 0 saturated heterocycles. The molecule has 8 heteroatoms. The zero-order valence-electron chi connectivity index (χ0n) is 18.9. The van der Waals surface area contributed by atoms with Crippen LogP contribution >= 0.6 is 12.2 Å². The van der Waals surface area contributed by atoms with Crippen molar-refractivity contribution in [1.29, 1.82) is 0 Å². The van der Waals surface area contributed by atoms with Crippen LogP contribution in [0.4, 0.5) is 0 Å². The van der Waals surface area contributed by atoms with Crippen LogP contribution in [0.2, 0.25) is 0 Å². The minimum atomic E-state index is 0.547. The molecule has 0 aliphatic rings. The van der Waals surface area contributed by atoms with Gasteiger partial charge in [-0.25, -0.2) is 14.3 Å². The van der Waals surface area contributed by atoms with Crippen molar-refractivity contribution in [1.82, 2.24) is 33.8 Å². The molecule has 0 spiro atoms. The largest absolute Gasteiger partial charge is 0.283 e. The summed E-state index contributed by atoms with van der Waals surface area (Å²) in [7, 11) is 2.06. The van der Waals surface area contributed by atoms with Crippen LogP contribution in [0.5, 0.6) is 0 Å². The van der Waals surface area contributed by atoms with Gasteiger partial charge in [0.2, 0.25) is 4.77 Å². The van der Waals surface area contributed by atoms with Crippen LogP contribution in [0.25, 0.3) is 22.7 Å². The molecule has 33 heavy (non-hydrogen) atoms. The average Bonchev–Trinajstić information content (AvgIpc) is 3.36. The Morgan fingerprint density at radius 3 is 2.36 bits per heavy atom. The van der Waals surface area contributed by atoms with Crippen molar-refractivity contribution in [3.63, 3.8) is 0 Å². The smallest absolute Gasteiger partial charge is 0.254 e. The van der Waals surface area contributed by atoms with E-state index in [9.17, 15) is 0 Å². The van der Waals surface area contributed by atoms with Crippen LogP contribution in [0.3, 0.4) is 0 Å². The van der Waals surface area contributed by atoms with Gasteiger partial charge in [0.15, 0.2) is 0 Å². The van der Waals surface area contributed by atoms with Crippen LogP contribution in [0, 0.1) is 18.6 Å². The lowest BCUT2D eigenvalue weighted by atomic mass is 10.1. The first-order chi connectivity index (χ1) is 16.0. The van der Waals surface area contributed by atoms with Gasteiger partial charge in [0.05, 0.1) is 18.1 Å². The number of rotatable bonds is 6. The fourth-order valence-electron chi connectivity index (χ4n) is 4.07. The van der Waals surface area contributed by atoms with Gasteiger partial charge in [0.25, 0.3) is 5.78 Å². The Balaban J connectivity index is 1.47. The van der Waals surface area contributed by atoms with E-state index in [2.05, 4.69) is 52.5 Å². The molecule has 0 aliphatic carbocycles. The molecule has 0 amide bonds. The van der Waals surface area contributed by atoms with E-state index in [1.807, 2.05) is 70.1 Å². The van der Waals surface area contributed by atoms with Crippen molar-refractivity contribution in [3.05, 3.63) is 94.6 Å². The maximum Gasteiger partial charge on any atom is 0.254 e. The second kappa shape index (κ2) is 8.73. The summed E-state index contributed by atoms with van der Waals surface area (Å²) in [5.41, 5.74) is 6.19. The molecule has 2 aromatic carbocycles. The van der Waals surface area contributed by atoms with Gasteiger partial charge < -0.3 is 0 Å². The van der Waals surface area contributed by atoms with E-state index in [1.54, 1.807) is 0 Å². The summed E-state index contributed by atoms with van der Waals surface area (Å²) >= 11 is 5.69. The van der Waals surface area contributed by atoms with E-state index in [0.29, 0.717) is 23.8 Å². The molecular formula is C25H25N7S. The topological polar surface area (TPSA) is 56.2 Å². The molecule has 0 saturated carbocycles. The van der Waals surface area contributed by atoms with Gasteiger partial charge in [-0.3, -0.25) is 9.30 Å². The summed E-state index contributed by atoms with van der Waals surface area (Å²) in [4.78, 5) is 6.72. The molecule has 3 heterocycles. The quantitative estimate of drug-likeness (QED) is 0.344. The molecule has 0 radical (unpaired) electrons. The summed E-state index contributed by atoms with van der Waals surface area (Å²) in [6.45, 7) is 5.23. The molecule has 7 nitrogen and oxygen atoms in total. The molecule has 5 rings (SSSR count). The molecule has 0 N–H and O–H groups in total. The number of hydrogen-bond donors (Lipinski definition) is 0. The van der Waals surface area contributed by atoms with Gasteiger partial charge in [-0.05, 0) is 51.3 Å². The monoisotopic (exact) mass is 455 g/mol. The predicted molar refractivity (Wildman–Crippen MR) is 132 cm³/mol. The summed E-state index contributed by atoms with van der Waals surface area (Å²) < 4.78 is 6.33. The van der Waals surface area contributed by atoms with E-state index in [1.165, 1.54) is 0 Å². The summed E-state index contributed by atoms with van der Waals surface area (Å²) in [5.74, 6) is 0.632. The third-order valence-electron chi connectivity index (χ3n) is 5.54. The Hall–Kier alpha value is -3.62. The van der Waals surface area contributed by atoms with Crippen LogP contribution in [0.15, 0.2) is 72.9 Å². The normalized spacial score (nSPS) is 11.5. The van der Waals surface area contributed by atoms with Crippen molar-refractivity contribution < 1.29 is 0 Å².